The number of ether oxygens (including phenoxy) is 3. The van der Waals surface area contributed by atoms with E-state index in [1.165, 1.54) is 26.4 Å². The number of carbonyl (C=O) groups is 1. The minimum atomic E-state index is -1.53. The lowest BCUT2D eigenvalue weighted by atomic mass is 9.99. The lowest BCUT2D eigenvalue weighted by Crippen LogP contribution is -2.60. The fourth-order valence-electron chi connectivity index (χ4n) is 3.56. The molecule has 0 bridgehead atoms. The molecule has 2 rings (SSSR count). The van der Waals surface area contributed by atoms with Crippen LogP contribution >= 0.6 is 0 Å². The van der Waals surface area contributed by atoms with E-state index in [2.05, 4.69) is 12.2 Å². The average Bonchev–Trinajstić information content (AvgIpc) is 2.80. The Morgan fingerprint density at radius 3 is 2.44 bits per heavy atom. The van der Waals surface area contributed by atoms with Crippen molar-refractivity contribution in [3.8, 4) is 11.5 Å². The lowest BCUT2D eigenvalue weighted by molar-refractivity contribution is -0.277. The molecule has 0 aromatic heterocycles. The van der Waals surface area contributed by atoms with E-state index >= 15 is 0 Å². The molecule has 182 valence electrons. The van der Waals surface area contributed by atoms with Gasteiger partial charge in [-0.2, -0.15) is 0 Å². The molecule has 5 atom stereocenters. The van der Waals surface area contributed by atoms with Crippen LogP contribution in [0, 0.1) is 0 Å². The summed E-state index contributed by atoms with van der Waals surface area (Å²) in [4.78, 5) is 12.1. The summed E-state index contributed by atoms with van der Waals surface area (Å²) in [5.74, 6) is 0.602. The predicted octanol–water partition coefficient (Wildman–Crippen LogP) is 1.24. The molecule has 1 fully saturated rings. The van der Waals surface area contributed by atoms with Gasteiger partial charge in [-0.15, -0.1) is 0 Å². The molecule has 0 aliphatic carbocycles. The largest absolute Gasteiger partial charge is 0.493 e. The third kappa shape index (κ3) is 7.60. The molecule has 1 aliphatic rings. The second-order valence-corrected chi connectivity index (χ2v) is 8.09. The molecule has 0 spiro atoms. The lowest BCUT2D eigenvalue weighted by Gasteiger charge is -2.39. The number of nitrogens with one attached hydrogen (secondary N) is 1. The van der Waals surface area contributed by atoms with Gasteiger partial charge in [-0.3, -0.25) is 4.79 Å². The van der Waals surface area contributed by atoms with Crippen LogP contribution in [0.2, 0.25) is 0 Å². The van der Waals surface area contributed by atoms with E-state index < -0.39 is 37.3 Å². The van der Waals surface area contributed by atoms with Gasteiger partial charge in [0.2, 0.25) is 12.2 Å². The number of rotatable bonds is 13. The van der Waals surface area contributed by atoms with Crippen LogP contribution in [0.1, 0.15) is 57.4 Å². The third-order valence-corrected chi connectivity index (χ3v) is 5.57. The highest BCUT2D eigenvalue weighted by molar-refractivity contribution is 5.75. The van der Waals surface area contributed by atoms with Crippen molar-refractivity contribution in [3.05, 3.63) is 23.8 Å². The Bertz CT molecular complexity index is 699. The molecule has 0 radical (unpaired) electrons. The maximum absolute atomic E-state index is 12.1. The number of aliphatic hydroxyl groups excluding tert-OH is 4. The van der Waals surface area contributed by atoms with Crippen molar-refractivity contribution in [2.45, 2.75) is 89.1 Å². The molecule has 1 aromatic carbocycles. The number of hydrogen-bond donors (Lipinski definition) is 5. The van der Waals surface area contributed by atoms with Crippen LogP contribution in [0.4, 0.5) is 0 Å². The second-order valence-electron chi connectivity index (χ2n) is 8.09. The van der Waals surface area contributed by atoms with Gasteiger partial charge in [-0.1, -0.05) is 45.1 Å². The normalized spacial score (nSPS) is 25.4. The standard InChI is InChI=1S/C23H37NO8/c1-3-4-5-6-7-8-9-19(26)24-13-15-10-11-16(17(12-15)30-2)31-23-22(29)21(28)20(27)18(14-25)32-23/h10-12,18,20-23,25,27-29H,3-9,13-14H2,1-2H3,(H,24,26)/t18-,20-,21+,22-,23-/m1/s1. The van der Waals surface area contributed by atoms with Crippen molar-refractivity contribution in [2.75, 3.05) is 13.7 Å². The van der Waals surface area contributed by atoms with Crippen molar-refractivity contribution in [2.24, 2.45) is 0 Å². The molecule has 9 heteroatoms. The van der Waals surface area contributed by atoms with E-state index in [4.69, 9.17) is 14.2 Å². The molecule has 1 aliphatic heterocycles. The summed E-state index contributed by atoms with van der Waals surface area (Å²) in [5.41, 5.74) is 0.805. The maximum Gasteiger partial charge on any atom is 0.229 e. The zero-order valence-corrected chi connectivity index (χ0v) is 18.9. The number of unbranched alkanes of at least 4 members (excludes halogenated alkanes) is 5. The maximum atomic E-state index is 12.1. The first-order valence-electron chi connectivity index (χ1n) is 11.3. The Balaban J connectivity index is 1.87. The van der Waals surface area contributed by atoms with E-state index in [1.807, 2.05) is 0 Å². The number of amides is 1. The average molecular weight is 456 g/mol. The van der Waals surface area contributed by atoms with Gasteiger partial charge in [0.1, 0.15) is 24.4 Å². The first kappa shape index (κ1) is 26.3. The van der Waals surface area contributed by atoms with Crippen molar-refractivity contribution < 1.29 is 39.4 Å². The van der Waals surface area contributed by atoms with Crippen LogP contribution in [-0.4, -0.2) is 70.8 Å². The van der Waals surface area contributed by atoms with Gasteiger partial charge in [-0.25, -0.2) is 0 Å². The molecule has 5 N–H and O–H groups in total. The van der Waals surface area contributed by atoms with Gasteiger partial charge < -0.3 is 40.0 Å². The molecule has 0 unspecified atom stereocenters. The van der Waals surface area contributed by atoms with Gasteiger partial charge in [0.05, 0.1) is 13.7 Å². The van der Waals surface area contributed by atoms with Crippen molar-refractivity contribution in [1.82, 2.24) is 5.32 Å². The van der Waals surface area contributed by atoms with Crippen LogP contribution in [0.15, 0.2) is 18.2 Å². The zero-order valence-electron chi connectivity index (χ0n) is 18.9. The molecule has 1 amide bonds. The molecular weight excluding hydrogens is 418 g/mol. The molecule has 32 heavy (non-hydrogen) atoms. The predicted molar refractivity (Wildman–Crippen MR) is 117 cm³/mol. The molecule has 1 aromatic rings. The zero-order chi connectivity index (χ0) is 23.5. The summed E-state index contributed by atoms with van der Waals surface area (Å²) >= 11 is 0. The number of aliphatic hydroxyl groups is 4. The van der Waals surface area contributed by atoms with E-state index in [1.54, 1.807) is 18.2 Å². The third-order valence-electron chi connectivity index (χ3n) is 5.57. The van der Waals surface area contributed by atoms with Gasteiger partial charge in [0.15, 0.2) is 11.5 Å². The van der Waals surface area contributed by atoms with Gasteiger partial charge in [0.25, 0.3) is 0 Å². The van der Waals surface area contributed by atoms with Gasteiger partial charge in [-0.05, 0) is 24.1 Å². The number of methoxy groups -OCH3 is 1. The fraction of sp³-hybridized carbons (Fsp3) is 0.696. The number of benzene rings is 1. The smallest absolute Gasteiger partial charge is 0.229 e. The topological polar surface area (TPSA) is 138 Å². The van der Waals surface area contributed by atoms with E-state index in [9.17, 15) is 25.2 Å². The SMILES string of the molecule is CCCCCCCCC(=O)NCc1ccc(O[C@@H]2O[C@H](CO)[C@@H](O)[C@H](O)[C@H]2O)c(OC)c1. The van der Waals surface area contributed by atoms with Crippen molar-refractivity contribution in [1.29, 1.82) is 0 Å². The highest BCUT2D eigenvalue weighted by Gasteiger charge is 2.44. The summed E-state index contributed by atoms with van der Waals surface area (Å²) in [6.45, 7) is 1.97. The fourth-order valence-corrected chi connectivity index (χ4v) is 3.56. The van der Waals surface area contributed by atoms with E-state index in [-0.39, 0.29) is 11.7 Å². The van der Waals surface area contributed by atoms with Crippen LogP contribution in [0.25, 0.3) is 0 Å². The Morgan fingerprint density at radius 2 is 1.75 bits per heavy atom. The molecule has 1 heterocycles. The Morgan fingerprint density at radius 1 is 1.03 bits per heavy atom. The number of hydrogen-bond acceptors (Lipinski definition) is 8. The minimum Gasteiger partial charge on any atom is -0.493 e. The monoisotopic (exact) mass is 455 g/mol. The van der Waals surface area contributed by atoms with Crippen molar-refractivity contribution in [3.63, 3.8) is 0 Å². The quantitative estimate of drug-likeness (QED) is 0.280. The molecule has 0 saturated carbocycles. The van der Waals surface area contributed by atoms with Crippen LogP contribution in [0.5, 0.6) is 11.5 Å². The number of carbonyl (C=O) groups excluding carboxylic acids is 1. The minimum absolute atomic E-state index is 0.00102. The van der Waals surface area contributed by atoms with Gasteiger partial charge in [0, 0.05) is 13.0 Å². The summed E-state index contributed by atoms with van der Waals surface area (Å²) in [6, 6.07) is 5.05. The summed E-state index contributed by atoms with van der Waals surface area (Å²) < 4.78 is 16.4. The van der Waals surface area contributed by atoms with E-state index in [0.717, 1.165) is 24.8 Å². The first-order valence-corrected chi connectivity index (χ1v) is 11.3. The Labute approximate surface area is 189 Å². The Hall–Kier alpha value is -1.91. The highest BCUT2D eigenvalue weighted by atomic mass is 16.7. The van der Waals surface area contributed by atoms with Crippen LogP contribution < -0.4 is 14.8 Å². The van der Waals surface area contributed by atoms with Crippen LogP contribution in [0.3, 0.4) is 0 Å². The van der Waals surface area contributed by atoms with Crippen LogP contribution in [-0.2, 0) is 16.1 Å². The summed E-state index contributed by atoms with van der Waals surface area (Å²) in [5, 5.41) is 42.1. The van der Waals surface area contributed by atoms with E-state index in [0.29, 0.717) is 18.7 Å². The summed E-state index contributed by atoms with van der Waals surface area (Å²) in [7, 11) is 1.45. The van der Waals surface area contributed by atoms with Gasteiger partial charge >= 0.3 is 0 Å². The Kier molecular flexibility index (Phi) is 11.2. The molecular formula is C23H37NO8. The first-order chi connectivity index (χ1) is 15.4. The van der Waals surface area contributed by atoms with Crippen molar-refractivity contribution >= 4 is 5.91 Å². The summed E-state index contributed by atoms with van der Waals surface area (Å²) in [6.07, 6.45) is 0.394. The highest BCUT2D eigenvalue weighted by Crippen LogP contribution is 2.32. The second kappa shape index (κ2) is 13.6. The molecule has 9 nitrogen and oxygen atoms in total. The molecule has 1 saturated heterocycles.